The van der Waals surface area contributed by atoms with Crippen LogP contribution >= 0.6 is 0 Å². The fourth-order valence-corrected chi connectivity index (χ4v) is 2.41. The van der Waals surface area contributed by atoms with Crippen LogP contribution in [0.3, 0.4) is 0 Å². The summed E-state index contributed by atoms with van der Waals surface area (Å²) in [5.74, 6) is 0. The van der Waals surface area contributed by atoms with Crippen LogP contribution in [0.2, 0.25) is 18.6 Å². The largest absolute Gasteiger partial charge is 0.417 e. The lowest BCUT2D eigenvalue weighted by Gasteiger charge is -2.22. The highest BCUT2D eigenvalue weighted by Crippen LogP contribution is 2.15. The summed E-state index contributed by atoms with van der Waals surface area (Å²) in [6, 6.07) is 2.49. The molecule has 2 heteroatoms. The third-order valence-corrected chi connectivity index (χ3v) is 5.97. The van der Waals surface area contributed by atoms with Crippen molar-refractivity contribution < 1.29 is 4.43 Å². The second-order valence-electron chi connectivity index (χ2n) is 2.59. The van der Waals surface area contributed by atoms with Crippen molar-refractivity contribution in [2.75, 3.05) is 6.61 Å². The lowest BCUT2D eigenvalue weighted by Crippen LogP contribution is -2.32. The van der Waals surface area contributed by atoms with Crippen molar-refractivity contribution in [1.82, 2.24) is 0 Å². The Morgan fingerprint density at radius 2 is 1.56 bits per heavy atom. The molecule has 9 heavy (non-hydrogen) atoms. The molecule has 0 radical (unpaired) electrons. The molecule has 0 aliphatic rings. The molecule has 0 heterocycles. The van der Waals surface area contributed by atoms with Crippen LogP contribution in [0.4, 0.5) is 0 Å². The van der Waals surface area contributed by atoms with E-state index in [1.54, 1.807) is 0 Å². The molecule has 0 fully saturated rings. The second kappa shape index (κ2) is 4.07. The van der Waals surface area contributed by atoms with Crippen LogP contribution in [0, 0.1) is 0 Å². The van der Waals surface area contributed by atoms with E-state index < -0.39 is 8.32 Å². The maximum atomic E-state index is 5.67. The van der Waals surface area contributed by atoms with E-state index in [2.05, 4.69) is 27.3 Å². The maximum Gasteiger partial charge on any atom is 0.189 e. The van der Waals surface area contributed by atoms with Gasteiger partial charge in [0, 0.05) is 6.61 Å². The number of hydrogen-bond donors (Lipinski definition) is 0. The monoisotopic (exact) mass is 146 g/mol. The van der Waals surface area contributed by atoms with Gasteiger partial charge in [-0.3, -0.25) is 0 Å². The molecule has 0 unspecified atom stereocenters. The normalized spacial score (nSPS) is 12.0. The van der Waals surface area contributed by atoms with Gasteiger partial charge in [0.05, 0.1) is 0 Å². The van der Waals surface area contributed by atoms with Crippen LogP contribution in [0.1, 0.15) is 20.8 Å². The molecule has 56 valence electrons. The van der Waals surface area contributed by atoms with Crippen LogP contribution in [-0.2, 0) is 4.43 Å². The summed E-state index contributed by atoms with van der Waals surface area (Å²) in [7, 11) is -1.20. The topological polar surface area (TPSA) is 9.23 Å². The first-order valence-corrected chi connectivity index (χ1v) is 6.64. The van der Waals surface area contributed by atoms with Gasteiger partial charge in [0.1, 0.15) is 0 Å². The molecule has 0 aromatic rings. The van der Waals surface area contributed by atoms with Crippen molar-refractivity contribution in [3.63, 3.8) is 0 Å². The van der Waals surface area contributed by atoms with E-state index in [1.165, 1.54) is 12.1 Å². The third-order valence-electron chi connectivity index (χ3n) is 1.99. The smallest absolute Gasteiger partial charge is 0.189 e. The van der Waals surface area contributed by atoms with Crippen molar-refractivity contribution in [2.45, 2.75) is 39.4 Å². The van der Waals surface area contributed by atoms with Crippen LogP contribution in [0.25, 0.3) is 0 Å². The minimum absolute atomic E-state index is 0.893. The van der Waals surface area contributed by atoms with Crippen molar-refractivity contribution in [2.24, 2.45) is 0 Å². The minimum atomic E-state index is -1.20. The Morgan fingerprint density at radius 3 is 1.67 bits per heavy atom. The van der Waals surface area contributed by atoms with E-state index in [9.17, 15) is 0 Å². The predicted molar refractivity (Wildman–Crippen MR) is 44.2 cm³/mol. The van der Waals surface area contributed by atoms with Gasteiger partial charge in [-0.25, -0.2) is 0 Å². The van der Waals surface area contributed by atoms with E-state index in [-0.39, 0.29) is 0 Å². The van der Waals surface area contributed by atoms with Crippen molar-refractivity contribution in [3.05, 3.63) is 0 Å². The van der Waals surface area contributed by atoms with Crippen LogP contribution in [0.15, 0.2) is 0 Å². The highest BCUT2D eigenvalue weighted by molar-refractivity contribution is 6.72. The van der Waals surface area contributed by atoms with E-state index in [0.29, 0.717) is 0 Å². The Morgan fingerprint density at radius 1 is 1.11 bits per heavy atom. The van der Waals surface area contributed by atoms with Gasteiger partial charge in [0.25, 0.3) is 0 Å². The number of rotatable bonds is 4. The average molecular weight is 146 g/mol. The Hall–Kier alpha value is 0.177. The predicted octanol–water partition coefficient (Wildman–Crippen LogP) is 2.64. The average Bonchev–Trinajstić information content (AvgIpc) is 1.89. The van der Waals surface area contributed by atoms with Gasteiger partial charge in [-0.05, 0) is 25.6 Å². The zero-order valence-corrected chi connectivity index (χ0v) is 8.03. The zero-order valence-electron chi connectivity index (χ0n) is 7.03. The highest BCUT2D eigenvalue weighted by Gasteiger charge is 2.22. The number of hydrogen-bond acceptors (Lipinski definition) is 1. The SMILES string of the molecule is CCO[Si](C)(CC)CC. The molecule has 0 saturated heterocycles. The van der Waals surface area contributed by atoms with Gasteiger partial charge in [-0.2, -0.15) is 0 Å². The molecule has 0 aliphatic heterocycles. The van der Waals surface area contributed by atoms with Gasteiger partial charge < -0.3 is 4.43 Å². The zero-order chi connectivity index (χ0) is 7.33. The molecule has 0 N–H and O–H groups in total. The summed E-state index contributed by atoms with van der Waals surface area (Å²) in [5, 5.41) is 0. The maximum absolute atomic E-state index is 5.67. The Balaban J connectivity index is 3.62. The standard InChI is InChI=1S/C7H18OSi/c1-5-8-9(4,6-2)7-3/h5-7H2,1-4H3. The van der Waals surface area contributed by atoms with E-state index >= 15 is 0 Å². The van der Waals surface area contributed by atoms with Gasteiger partial charge >= 0.3 is 0 Å². The molecule has 0 spiro atoms. The third kappa shape index (κ3) is 3.01. The summed E-state index contributed by atoms with van der Waals surface area (Å²) in [6.07, 6.45) is 0. The molecular weight excluding hydrogens is 128 g/mol. The molecule has 0 aromatic carbocycles. The Bertz CT molecular complexity index is 69.3. The van der Waals surface area contributed by atoms with Gasteiger partial charge in [-0.15, -0.1) is 0 Å². The van der Waals surface area contributed by atoms with E-state index in [1.807, 2.05) is 0 Å². The molecular formula is C7H18OSi. The first-order chi connectivity index (χ1) is 4.18. The van der Waals surface area contributed by atoms with Crippen LogP contribution in [0.5, 0.6) is 0 Å². The molecule has 0 bridgehead atoms. The molecule has 1 nitrogen and oxygen atoms in total. The Labute approximate surface area is 59.5 Å². The van der Waals surface area contributed by atoms with E-state index in [4.69, 9.17) is 4.43 Å². The summed E-state index contributed by atoms with van der Waals surface area (Å²) in [6.45, 7) is 9.73. The summed E-state index contributed by atoms with van der Waals surface area (Å²) in [5.41, 5.74) is 0. The molecule has 0 aromatic heterocycles. The Kier molecular flexibility index (Phi) is 4.15. The van der Waals surface area contributed by atoms with Gasteiger partial charge in [0.15, 0.2) is 8.32 Å². The van der Waals surface area contributed by atoms with Crippen molar-refractivity contribution in [3.8, 4) is 0 Å². The first kappa shape index (κ1) is 9.18. The minimum Gasteiger partial charge on any atom is -0.417 e. The lowest BCUT2D eigenvalue weighted by molar-refractivity contribution is 0.325. The quantitative estimate of drug-likeness (QED) is 0.554. The van der Waals surface area contributed by atoms with Crippen LogP contribution < -0.4 is 0 Å². The van der Waals surface area contributed by atoms with Crippen molar-refractivity contribution >= 4 is 8.32 Å². The molecule has 0 rings (SSSR count). The van der Waals surface area contributed by atoms with Crippen LogP contribution in [-0.4, -0.2) is 14.9 Å². The fourth-order valence-electron chi connectivity index (χ4n) is 0.803. The lowest BCUT2D eigenvalue weighted by atomic mass is 10.9. The summed E-state index contributed by atoms with van der Waals surface area (Å²) >= 11 is 0. The highest BCUT2D eigenvalue weighted by atomic mass is 28.4. The second-order valence-corrected chi connectivity index (χ2v) is 7.19. The molecule has 0 atom stereocenters. The fraction of sp³-hybridized carbons (Fsp3) is 1.00. The first-order valence-electron chi connectivity index (χ1n) is 3.82. The van der Waals surface area contributed by atoms with Crippen molar-refractivity contribution in [1.29, 1.82) is 0 Å². The summed E-state index contributed by atoms with van der Waals surface area (Å²) in [4.78, 5) is 0. The summed E-state index contributed by atoms with van der Waals surface area (Å²) < 4.78 is 5.67. The molecule has 0 saturated carbocycles. The molecule has 0 aliphatic carbocycles. The molecule has 0 amide bonds. The van der Waals surface area contributed by atoms with Gasteiger partial charge in [-0.1, -0.05) is 13.8 Å². The van der Waals surface area contributed by atoms with E-state index in [0.717, 1.165) is 6.61 Å². The van der Waals surface area contributed by atoms with Gasteiger partial charge in [0.2, 0.25) is 0 Å².